The summed E-state index contributed by atoms with van der Waals surface area (Å²) in [5, 5.41) is 6.49. The fourth-order valence-electron chi connectivity index (χ4n) is 3.06. The van der Waals surface area contributed by atoms with Crippen molar-refractivity contribution in [3.63, 3.8) is 0 Å². The number of furan rings is 1. The predicted molar refractivity (Wildman–Crippen MR) is 113 cm³/mol. The number of nitrogens with one attached hydrogen (secondary N) is 2. The molecule has 0 aliphatic rings. The van der Waals surface area contributed by atoms with Crippen molar-refractivity contribution in [2.75, 3.05) is 18.1 Å². The number of nitrogen functional groups attached to an aromatic ring is 1. The second-order valence-corrected chi connectivity index (χ2v) is 6.67. The Hall–Kier alpha value is -4.14. The summed E-state index contributed by atoms with van der Waals surface area (Å²) in [6.45, 7) is 3.63. The van der Waals surface area contributed by atoms with Crippen LogP contribution in [0.3, 0.4) is 0 Å². The van der Waals surface area contributed by atoms with Gasteiger partial charge in [0.1, 0.15) is 35.1 Å². The molecule has 0 spiro atoms. The number of carbonyl (C=O) groups is 1. The zero-order chi connectivity index (χ0) is 21.3. The number of hydrogen-bond donors (Lipinski definition) is 3. The van der Waals surface area contributed by atoms with Gasteiger partial charge < -0.3 is 25.5 Å². The monoisotopic (exact) mass is 404 g/mol. The van der Waals surface area contributed by atoms with E-state index in [0.717, 1.165) is 16.6 Å². The van der Waals surface area contributed by atoms with Crippen molar-refractivity contribution in [2.24, 2.45) is 0 Å². The molecule has 3 heterocycles. The zero-order valence-corrected chi connectivity index (χ0v) is 16.7. The number of benzene rings is 1. The van der Waals surface area contributed by atoms with E-state index in [2.05, 4.69) is 25.6 Å². The van der Waals surface area contributed by atoms with Crippen molar-refractivity contribution in [1.29, 1.82) is 0 Å². The number of anilines is 3. The largest absolute Gasteiger partial charge is 0.460 e. The van der Waals surface area contributed by atoms with Crippen LogP contribution in [-0.4, -0.2) is 27.9 Å². The maximum atomic E-state index is 12.1. The Morgan fingerprint density at radius 3 is 2.73 bits per heavy atom. The van der Waals surface area contributed by atoms with Crippen LogP contribution in [0, 0.1) is 13.8 Å². The van der Waals surface area contributed by atoms with E-state index >= 15 is 0 Å². The first kappa shape index (κ1) is 19.2. The van der Waals surface area contributed by atoms with E-state index in [9.17, 15) is 4.79 Å². The van der Waals surface area contributed by atoms with Crippen LogP contribution in [0.4, 0.5) is 17.3 Å². The van der Waals surface area contributed by atoms with Gasteiger partial charge in [-0.15, -0.1) is 0 Å². The van der Waals surface area contributed by atoms with Gasteiger partial charge in [0.05, 0.1) is 17.4 Å². The van der Waals surface area contributed by atoms with Gasteiger partial charge in [0.25, 0.3) is 5.91 Å². The highest BCUT2D eigenvalue weighted by Gasteiger charge is 2.17. The third-order valence-corrected chi connectivity index (χ3v) is 4.55. The Balaban J connectivity index is 1.57. The van der Waals surface area contributed by atoms with E-state index < -0.39 is 0 Å². The lowest BCUT2D eigenvalue weighted by molar-refractivity contribution is 0.0963. The summed E-state index contributed by atoms with van der Waals surface area (Å²) in [6.07, 6.45) is 3.02. The number of aryl methyl sites for hydroxylation is 2. The molecule has 0 saturated heterocycles. The topological polar surface area (TPSA) is 128 Å². The molecule has 4 N–H and O–H groups in total. The summed E-state index contributed by atoms with van der Waals surface area (Å²) >= 11 is 0. The second-order valence-electron chi connectivity index (χ2n) is 6.67. The Kier molecular flexibility index (Phi) is 4.93. The fourth-order valence-corrected chi connectivity index (χ4v) is 3.06. The predicted octanol–water partition coefficient (Wildman–Crippen LogP) is 3.71. The molecule has 9 heteroatoms. The van der Waals surface area contributed by atoms with Crippen molar-refractivity contribution in [1.82, 2.24) is 20.3 Å². The molecule has 0 saturated carbocycles. The molecule has 4 aromatic rings. The van der Waals surface area contributed by atoms with Crippen LogP contribution >= 0.6 is 0 Å². The lowest BCUT2D eigenvalue weighted by Crippen LogP contribution is -2.18. The third-order valence-electron chi connectivity index (χ3n) is 4.55. The molecule has 1 aromatic carbocycles. The molecule has 3 aromatic heterocycles. The summed E-state index contributed by atoms with van der Waals surface area (Å²) in [5.41, 5.74) is 8.44. The van der Waals surface area contributed by atoms with E-state index in [1.54, 1.807) is 44.4 Å². The molecule has 0 unspecified atom stereocenters. The van der Waals surface area contributed by atoms with Crippen molar-refractivity contribution in [3.05, 3.63) is 59.7 Å². The fraction of sp³-hybridized carbons (Fsp3) is 0.143. The van der Waals surface area contributed by atoms with Gasteiger partial charge in [-0.1, -0.05) is 0 Å². The lowest BCUT2D eigenvalue weighted by atomic mass is 10.1. The SMILES string of the molecule is CNC(=O)c1c(C)oc2cc(Oc3cc(Nc4cnc(N)c(C)c4)ncn3)ccc12. The summed E-state index contributed by atoms with van der Waals surface area (Å²) in [7, 11) is 1.58. The van der Waals surface area contributed by atoms with Gasteiger partial charge in [0.15, 0.2) is 0 Å². The molecule has 0 atom stereocenters. The maximum Gasteiger partial charge on any atom is 0.255 e. The smallest absolute Gasteiger partial charge is 0.255 e. The minimum atomic E-state index is -0.196. The number of fused-ring (bicyclic) bond motifs is 1. The number of pyridine rings is 1. The average molecular weight is 404 g/mol. The van der Waals surface area contributed by atoms with Gasteiger partial charge in [-0.25, -0.2) is 15.0 Å². The van der Waals surface area contributed by atoms with Crippen molar-refractivity contribution in [3.8, 4) is 11.6 Å². The maximum absolute atomic E-state index is 12.1. The Morgan fingerprint density at radius 2 is 1.97 bits per heavy atom. The summed E-state index contributed by atoms with van der Waals surface area (Å²) < 4.78 is 11.6. The standard InChI is InChI=1S/C21H20N6O3/c1-11-6-13(9-24-20(11)22)27-17-8-18(26-10-25-17)30-14-4-5-15-16(7-14)29-12(2)19(15)21(28)23-3/h4-10H,1-3H3,(H2,22,24)(H,23,28)(H,25,26,27). The Morgan fingerprint density at radius 1 is 1.13 bits per heavy atom. The highest BCUT2D eigenvalue weighted by atomic mass is 16.5. The van der Waals surface area contributed by atoms with Crippen molar-refractivity contribution < 1.29 is 13.9 Å². The highest BCUT2D eigenvalue weighted by Crippen LogP contribution is 2.31. The molecule has 0 bridgehead atoms. The van der Waals surface area contributed by atoms with Gasteiger partial charge in [0.2, 0.25) is 5.88 Å². The van der Waals surface area contributed by atoms with Crippen LogP contribution in [0.5, 0.6) is 11.6 Å². The van der Waals surface area contributed by atoms with E-state index in [0.29, 0.717) is 40.2 Å². The number of ether oxygens (including phenoxy) is 1. The van der Waals surface area contributed by atoms with Crippen LogP contribution in [0.25, 0.3) is 11.0 Å². The number of carbonyl (C=O) groups excluding carboxylic acids is 1. The van der Waals surface area contributed by atoms with Crippen LogP contribution < -0.4 is 21.1 Å². The van der Waals surface area contributed by atoms with Crippen molar-refractivity contribution in [2.45, 2.75) is 13.8 Å². The molecule has 1 amide bonds. The molecule has 4 rings (SSSR count). The van der Waals surface area contributed by atoms with Gasteiger partial charge in [-0.05, 0) is 37.6 Å². The number of hydrogen-bond acceptors (Lipinski definition) is 8. The summed E-state index contributed by atoms with van der Waals surface area (Å²) in [5.74, 6) is 2.25. The first-order chi connectivity index (χ1) is 14.4. The molecule has 0 fully saturated rings. The van der Waals surface area contributed by atoms with Crippen LogP contribution in [0.1, 0.15) is 21.7 Å². The molecule has 152 valence electrons. The molecule has 0 aliphatic carbocycles. The Bertz CT molecular complexity index is 1250. The summed E-state index contributed by atoms with van der Waals surface area (Å²) in [4.78, 5) is 24.5. The number of aromatic nitrogens is 3. The van der Waals surface area contributed by atoms with Gasteiger partial charge in [0, 0.05) is 24.6 Å². The average Bonchev–Trinajstić information content (AvgIpc) is 3.05. The van der Waals surface area contributed by atoms with Crippen molar-refractivity contribution >= 4 is 34.2 Å². The second kappa shape index (κ2) is 7.70. The van der Waals surface area contributed by atoms with Crippen LogP contribution in [0.2, 0.25) is 0 Å². The molecular weight excluding hydrogens is 384 g/mol. The molecule has 9 nitrogen and oxygen atoms in total. The highest BCUT2D eigenvalue weighted by molar-refractivity contribution is 6.07. The number of nitrogens with zero attached hydrogens (tertiary/aromatic N) is 3. The molecule has 30 heavy (non-hydrogen) atoms. The van der Waals surface area contributed by atoms with E-state index in [1.165, 1.54) is 6.33 Å². The number of amides is 1. The third kappa shape index (κ3) is 3.72. The lowest BCUT2D eigenvalue weighted by Gasteiger charge is -2.09. The Labute approximate surface area is 172 Å². The van der Waals surface area contributed by atoms with Crippen LogP contribution in [-0.2, 0) is 0 Å². The first-order valence-corrected chi connectivity index (χ1v) is 9.19. The normalized spacial score (nSPS) is 10.8. The quantitative estimate of drug-likeness (QED) is 0.459. The molecular formula is C21H20N6O3. The minimum Gasteiger partial charge on any atom is -0.460 e. The zero-order valence-electron chi connectivity index (χ0n) is 16.7. The van der Waals surface area contributed by atoms with Gasteiger partial charge >= 0.3 is 0 Å². The van der Waals surface area contributed by atoms with Gasteiger partial charge in [-0.3, -0.25) is 4.79 Å². The molecule has 0 aliphatic heterocycles. The van der Waals surface area contributed by atoms with Crippen LogP contribution in [0.15, 0.2) is 47.3 Å². The van der Waals surface area contributed by atoms with E-state index in [1.807, 2.05) is 13.0 Å². The summed E-state index contributed by atoms with van der Waals surface area (Å²) in [6, 6.07) is 8.81. The van der Waals surface area contributed by atoms with E-state index in [-0.39, 0.29) is 5.91 Å². The minimum absolute atomic E-state index is 0.196. The number of rotatable bonds is 5. The van der Waals surface area contributed by atoms with E-state index in [4.69, 9.17) is 14.9 Å². The van der Waals surface area contributed by atoms with Gasteiger partial charge in [-0.2, -0.15) is 0 Å². The first-order valence-electron chi connectivity index (χ1n) is 9.19. The number of nitrogens with two attached hydrogens (primary N) is 1. The molecule has 0 radical (unpaired) electrons.